The lowest BCUT2D eigenvalue weighted by atomic mass is 9.94. The van der Waals surface area contributed by atoms with Gasteiger partial charge in [-0.3, -0.25) is 0 Å². The minimum absolute atomic E-state index is 0.420. The van der Waals surface area contributed by atoms with E-state index in [0.717, 1.165) is 18.4 Å². The molecular formula is C17H18N2S. The Balaban J connectivity index is 1.71. The maximum atomic E-state index is 5.93. The number of nitrogens with zero attached hydrogens (tertiary/aromatic N) is 1. The molecule has 0 fully saturated rings. The van der Waals surface area contributed by atoms with Gasteiger partial charge in [-0.2, -0.15) is 0 Å². The van der Waals surface area contributed by atoms with E-state index < -0.39 is 0 Å². The van der Waals surface area contributed by atoms with Gasteiger partial charge in [-0.15, -0.1) is 11.3 Å². The highest BCUT2D eigenvalue weighted by Crippen LogP contribution is 2.25. The Morgan fingerprint density at radius 1 is 1.00 bits per heavy atom. The summed E-state index contributed by atoms with van der Waals surface area (Å²) in [6.45, 7) is 0.689. The molecule has 1 aromatic heterocycles. The van der Waals surface area contributed by atoms with Crippen molar-refractivity contribution in [2.75, 3.05) is 6.54 Å². The topological polar surface area (TPSA) is 38.9 Å². The molecule has 20 heavy (non-hydrogen) atoms. The highest BCUT2D eigenvalue weighted by atomic mass is 32.1. The lowest BCUT2D eigenvalue weighted by molar-refractivity contribution is 0.633. The quantitative estimate of drug-likeness (QED) is 0.769. The number of fused-ring (bicyclic) bond motifs is 1. The first kappa shape index (κ1) is 13.3. The van der Waals surface area contributed by atoms with Gasteiger partial charge < -0.3 is 5.73 Å². The summed E-state index contributed by atoms with van der Waals surface area (Å²) in [5.74, 6) is 0.420. The van der Waals surface area contributed by atoms with Crippen molar-refractivity contribution in [3.05, 3.63) is 65.2 Å². The molecule has 0 aliphatic heterocycles. The summed E-state index contributed by atoms with van der Waals surface area (Å²) < 4.78 is 1.27. The van der Waals surface area contributed by atoms with Gasteiger partial charge in [0.15, 0.2) is 0 Å². The normalized spacial score (nSPS) is 12.7. The van der Waals surface area contributed by atoms with Crippen LogP contribution in [0.4, 0.5) is 0 Å². The van der Waals surface area contributed by atoms with Crippen LogP contribution in [0.15, 0.2) is 54.6 Å². The van der Waals surface area contributed by atoms with Gasteiger partial charge >= 0.3 is 0 Å². The molecular weight excluding hydrogens is 264 g/mol. The van der Waals surface area contributed by atoms with E-state index in [1.54, 1.807) is 11.3 Å². The summed E-state index contributed by atoms with van der Waals surface area (Å²) in [4.78, 5) is 4.69. The summed E-state index contributed by atoms with van der Waals surface area (Å²) in [7, 11) is 0. The van der Waals surface area contributed by atoms with Gasteiger partial charge in [0.05, 0.1) is 15.2 Å². The molecule has 0 saturated carbocycles. The molecule has 3 aromatic rings. The molecule has 1 unspecified atom stereocenters. The maximum absolute atomic E-state index is 5.93. The first-order valence-electron chi connectivity index (χ1n) is 6.96. The molecule has 0 aliphatic carbocycles. The SMILES string of the molecule is NCC(CCc1nc2ccccc2s1)c1ccccc1. The molecule has 0 bridgehead atoms. The third kappa shape index (κ3) is 2.89. The van der Waals surface area contributed by atoms with Crippen LogP contribution in [-0.4, -0.2) is 11.5 Å². The number of thiazole rings is 1. The van der Waals surface area contributed by atoms with E-state index >= 15 is 0 Å². The van der Waals surface area contributed by atoms with Crippen LogP contribution in [0, 0.1) is 0 Å². The zero-order chi connectivity index (χ0) is 13.8. The van der Waals surface area contributed by atoms with Gasteiger partial charge in [0.25, 0.3) is 0 Å². The number of para-hydroxylation sites is 1. The Kier molecular flexibility index (Phi) is 4.09. The predicted molar refractivity (Wildman–Crippen MR) is 86.2 cm³/mol. The van der Waals surface area contributed by atoms with Crippen LogP contribution in [0.5, 0.6) is 0 Å². The summed E-state index contributed by atoms with van der Waals surface area (Å²) >= 11 is 1.79. The average molecular weight is 282 g/mol. The van der Waals surface area contributed by atoms with E-state index in [2.05, 4.69) is 42.5 Å². The number of aryl methyl sites for hydroxylation is 1. The zero-order valence-electron chi connectivity index (χ0n) is 11.3. The van der Waals surface area contributed by atoms with Gasteiger partial charge in [0.2, 0.25) is 0 Å². The van der Waals surface area contributed by atoms with Crippen molar-refractivity contribution in [3.63, 3.8) is 0 Å². The van der Waals surface area contributed by atoms with Gasteiger partial charge in [0, 0.05) is 0 Å². The fourth-order valence-corrected chi connectivity index (χ4v) is 3.45. The highest BCUT2D eigenvalue weighted by Gasteiger charge is 2.11. The molecule has 3 rings (SSSR count). The van der Waals surface area contributed by atoms with Crippen LogP contribution >= 0.6 is 11.3 Å². The van der Waals surface area contributed by atoms with Crippen molar-refractivity contribution < 1.29 is 0 Å². The monoisotopic (exact) mass is 282 g/mol. The number of hydrogen-bond acceptors (Lipinski definition) is 3. The van der Waals surface area contributed by atoms with E-state index in [-0.39, 0.29) is 0 Å². The van der Waals surface area contributed by atoms with Crippen molar-refractivity contribution in [2.45, 2.75) is 18.8 Å². The van der Waals surface area contributed by atoms with Crippen LogP contribution in [0.3, 0.4) is 0 Å². The zero-order valence-corrected chi connectivity index (χ0v) is 12.1. The van der Waals surface area contributed by atoms with E-state index in [1.165, 1.54) is 15.3 Å². The Morgan fingerprint density at radius 2 is 1.75 bits per heavy atom. The molecule has 102 valence electrons. The van der Waals surface area contributed by atoms with Crippen molar-refractivity contribution in [3.8, 4) is 0 Å². The van der Waals surface area contributed by atoms with Gasteiger partial charge in [0.1, 0.15) is 0 Å². The van der Waals surface area contributed by atoms with Crippen LogP contribution < -0.4 is 5.73 Å². The fourth-order valence-electron chi connectivity index (χ4n) is 2.47. The van der Waals surface area contributed by atoms with E-state index in [0.29, 0.717) is 12.5 Å². The number of benzene rings is 2. The Labute approximate surface area is 123 Å². The van der Waals surface area contributed by atoms with Gasteiger partial charge in [-0.25, -0.2) is 4.98 Å². The van der Waals surface area contributed by atoms with Gasteiger partial charge in [-0.05, 0) is 43.0 Å². The van der Waals surface area contributed by atoms with Crippen molar-refractivity contribution in [1.82, 2.24) is 4.98 Å². The molecule has 1 atom stereocenters. The second-order valence-electron chi connectivity index (χ2n) is 4.96. The standard InChI is InChI=1S/C17H18N2S/c18-12-14(13-6-2-1-3-7-13)10-11-17-19-15-8-4-5-9-16(15)20-17/h1-9,14H,10-12,18H2. The molecule has 2 N–H and O–H groups in total. The second-order valence-corrected chi connectivity index (χ2v) is 6.07. The number of nitrogens with two attached hydrogens (primary N) is 1. The van der Waals surface area contributed by atoms with E-state index in [1.807, 2.05) is 12.1 Å². The van der Waals surface area contributed by atoms with Crippen molar-refractivity contribution in [2.24, 2.45) is 5.73 Å². The lowest BCUT2D eigenvalue weighted by Crippen LogP contribution is -2.13. The maximum Gasteiger partial charge on any atom is 0.0938 e. The third-order valence-electron chi connectivity index (χ3n) is 3.60. The minimum Gasteiger partial charge on any atom is -0.330 e. The first-order valence-corrected chi connectivity index (χ1v) is 7.78. The Hall–Kier alpha value is -1.71. The molecule has 0 spiro atoms. The molecule has 1 heterocycles. The number of hydrogen-bond donors (Lipinski definition) is 1. The molecule has 3 heteroatoms. The number of rotatable bonds is 5. The predicted octanol–water partition coefficient (Wildman–Crippen LogP) is 3.97. The summed E-state index contributed by atoms with van der Waals surface area (Å²) in [6.07, 6.45) is 2.05. The van der Waals surface area contributed by atoms with Crippen LogP contribution in [0.1, 0.15) is 22.9 Å². The largest absolute Gasteiger partial charge is 0.330 e. The molecule has 0 aliphatic rings. The van der Waals surface area contributed by atoms with Crippen LogP contribution in [0.25, 0.3) is 10.2 Å². The van der Waals surface area contributed by atoms with E-state index in [4.69, 9.17) is 10.7 Å². The first-order chi connectivity index (χ1) is 9.86. The smallest absolute Gasteiger partial charge is 0.0938 e. The Morgan fingerprint density at radius 3 is 2.50 bits per heavy atom. The summed E-state index contributed by atoms with van der Waals surface area (Å²) in [6, 6.07) is 18.8. The van der Waals surface area contributed by atoms with Crippen molar-refractivity contribution >= 4 is 21.6 Å². The molecule has 2 nitrogen and oxygen atoms in total. The molecule has 0 saturated heterocycles. The van der Waals surface area contributed by atoms with Crippen LogP contribution in [0.2, 0.25) is 0 Å². The van der Waals surface area contributed by atoms with E-state index in [9.17, 15) is 0 Å². The Bertz CT molecular complexity index is 643. The highest BCUT2D eigenvalue weighted by molar-refractivity contribution is 7.18. The van der Waals surface area contributed by atoms with Crippen LogP contribution in [-0.2, 0) is 6.42 Å². The number of aromatic nitrogens is 1. The van der Waals surface area contributed by atoms with Crippen molar-refractivity contribution in [1.29, 1.82) is 0 Å². The van der Waals surface area contributed by atoms with Gasteiger partial charge in [-0.1, -0.05) is 42.5 Å². The molecule has 0 radical (unpaired) electrons. The molecule has 2 aromatic carbocycles. The third-order valence-corrected chi connectivity index (χ3v) is 4.70. The summed E-state index contributed by atoms with van der Waals surface area (Å²) in [5, 5.41) is 1.21. The summed E-state index contributed by atoms with van der Waals surface area (Å²) in [5.41, 5.74) is 8.36. The fraction of sp³-hybridized carbons (Fsp3) is 0.235. The molecule has 0 amide bonds. The average Bonchev–Trinajstić information content (AvgIpc) is 2.92. The lowest BCUT2D eigenvalue weighted by Gasteiger charge is -2.14. The minimum atomic E-state index is 0.420. The second kappa shape index (κ2) is 6.16.